The van der Waals surface area contributed by atoms with Crippen molar-refractivity contribution in [1.82, 2.24) is 4.90 Å². The maximum atomic E-state index is 12.5. The van der Waals surface area contributed by atoms with E-state index in [4.69, 9.17) is 4.74 Å². The summed E-state index contributed by atoms with van der Waals surface area (Å²) in [6.45, 7) is 5.29. The molecule has 0 aromatic heterocycles. The molecule has 1 N–H and O–H groups in total. The molecule has 2 aromatic rings. The topological polar surface area (TPSA) is 41.6 Å². The Kier molecular flexibility index (Phi) is 5.39. The monoisotopic (exact) mass is 338 g/mol. The number of ether oxygens (including phenoxy) is 1. The average Bonchev–Trinajstić information content (AvgIpc) is 3.42. The largest absolute Gasteiger partial charge is 0.497 e. The third kappa shape index (κ3) is 4.83. The van der Waals surface area contributed by atoms with E-state index in [1.807, 2.05) is 31.2 Å². The van der Waals surface area contributed by atoms with E-state index in [-0.39, 0.29) is 5.91 Å². The van der Waals surface area contributed by atoms with Gasteiger partial charge in [0.2, 0.25) is 5.91 Å². The van der Waals surface area contributed by atoms with Crippen LogP contribution in [0.25, 0.3) is 0 Å². The fourth-order valence-corrected chi connectivity index (χ4v) is 3.05. The number of hydrogen-bond donors (Lipinski definition) is 1. The lowest BCUT2D eigenvalue weighted by Gasteiger charge is -2.22. The predicted molar refractivity (Wildman–Crippen MR) is 101 cm³/mol. The van der Waals surface area contributed by atoms with Crippen molar-refractivity contribution < 1.29 is 9.53 Å². The molecule has 0 saturated heterocycles. The molecule has 0 spiro atoms. The van der Waals surface area contributed by atoms with E-state index in [0.29, 0.717) is 12.6 Å². The minimum atomic E-state index is 0.0485. The van der Waals surface area contributed by atoms with E-state index >= 15 is 0 Å². The van der Waals surface area contributed by atoms with Crippen molar-refractivity contribution in [2.45, 2.75) is 39.3 Å². The van der Waals surface area contributed by atoms with E-state index in [1.54, 1.807) is 7.11 Å². The highest BCUT2D eigenvalue weighted by atomic mass is 16.5. The van der Waals surface area contributed by atoms with Gasteiger partial charge in [0.25, 0.3) is 0 Å². The Bertz CT molecular complexity index is 736. The molecular formula is C21H26N2O2. The first-order valence-corrected chi connectivity index (χ1v) is 8.79. The average molecular weight is 338 g/mol. The highest BCUT2D eigenvalue weighted by Gasteiger charge is 2.30. The summed E-state index contributed by atoms with van der Waals surface area (Å²) in [5.41, 5.74) is 4.40. The number of carbonyl (C=O) groups excluding carboxylic acids is 1. The normalized spacial score (nSPS) is 13.8. The van der Waals surface area contributed by atoms with Crippen LogP contribution in [0.3, 0.4) is 0 Å². The van der Waals surface area contributed by atoms with Crippen LogP contribution >= 0.6 is 0 Å². The number of nitrogens with one attached hydrogen (secondary N) is 1. The Hall–Kier alpha value is -2.33. The fourth-order valence-electron chi connectivity index (χ4n) is 3.05. The van der Waals surface area contributed by atoms with Crippen LogP contribution in [0.2, 0.25) is 0 Å². The van der Waals surface area contributed by atoms with E-state index in [1.165, 1.54) is 24.0 Å². The van der Waals surface area contributed by atoms with Crippen LogP contribution in [0.4, 0.5) is 5.69 Å². The smallest absolute Gasteiger partial charge is 0.238 e. The van der Waals surface area contributed by atoms with Crippen LogP contribution in [0.5, 0.6) is 5.75 Å². The number of aryl methyl sites for hydroxylation is 2. The van der Waals surface area contributed by atoms with Crippen molar-refractivity contribution in [3.63, 3.8) is 0 Å². The summed E-state index contributed by atoms with van der Waals surface area (Å²) in [6, 6.07) is 14.7. The highest BCUT2D eigenvalue weighted by Crippen LogP contribution is 2.28. The molecule has 1 saturated carbocycles. The number of anilines is 1. The highest BCUT2D eigenvalue weighted by molar-refractivity contribution is 5.93. The summed E-state index contributed by atoms with van der Waals surface area (Å²) < 4.78 is 5.21. The molecule has 0 unspecified atom stereocenters. The standard InChI is InChI=1S/C21H26N2O2/c1-15-4-11-20(16(2)12-15)22-21(24)14-23(18-7-8-18)13-17-5-9-19(25-3)10-6-17/h4-6,9-12,18H,7-8,13-14H2,1-3H3,(H,22,24). The molecule has 1 amide bonds. The van der Waals surface area contributed by atoms with E-state index < -0.39 is 0 Å². The maximum Gasteiger partial charge on any atom is 0.238 e. The van der Waals surface area contributed by atoms with Gasteiger partial charge in [-0.3, -0.25) is 9.69 Å². The van der Waals surface area contributed by atoms with Crippen molar-refractivity contribution in [3.05, 3.63) is 59.2 Å². The van der Waals surface area contributed by atoms with Crippen LogP contribution in [0.1, 0.15) is 29.5 Å². The predicted octanol–water partition coefficient (Wildman–Crippen LogP) is 3.92. The zero-order valence-electron chi connectivity index (χ0n) is 15.2. The van der Waals surface area contributed by atoms with Crippen LogP contribution in [0, 0.1) is 13.8 Å². The molecule has 132 valence electrons. The van der Waals surface area contributed by atoms with Gasteiger partial charge >= 0.3 is 0 Å². The van der Waals surface area contributed by atoms with Gasteiger partial charge in [0, 0.05) is 18.3 Å². The number of carbonyl (C=O) groups is 1. The van der Waals surface area contributed by atoms with Gasteiger partial charge in [-0.1, -0.05) is 29.8 Å². The molecule has 0 bridgehead atoms. The van der Waals surface area contributed by atoms with Crippen molar-refractivity contribution in [1.29, 1.82) is 0 Å². The van der Waals surface area contributed by atoms with Gasteiger partial charge < -0.3 is 10.1 Å². The van der Waals surface area contributed by atoms with Gasteiger partial charge in [0.1, 0.15) is 5.75 Å². The van der Waals surface area contributed by atoms with Crippen molar-refractivity contribution in [2.75, 3.05) is 19.0 Å². The minimum absolute atomic E-state index is 0.0485. The Balaban J connectivity index is 1.62. The van der Waals surface area contributed by atoms with Crippen molar-refractivity contribution in [2.24, 2.45) is 0 Å². The number of amides is 1. The lowest BCUT2D eigenvalue weighted by molar-refractivity contribution is -0.117. The lowest BCUT2D eigenvalue weighted by Crippen LogP contribution is -2.34. The van der Waals surface area contributed by atoms with Crippen molar-refractivity contribution >= 4 is 11.6 Å². The van der Waals surface area contributed by atoms with Gasteiger partial charge in [-0.05, 0) is 56.0 Å². The van der Waals surface area contributed by atoms with Crippen LogP contribution in [0.15, 0.2) is 42.5 Å². The second-order valence-corrected chi connectivity index (χ2v) is 6.85. The third-order valence-corrected chi connectivity index (χ3v) is 4.61. The summed E-state index contributed by atoms with van der Waals surface area (Å²) in [6.07, 6.45) is 2.35. The zero-order chi connectivity index (χ0) is 17.8. The first kappa shape index (κ1) is 17.5. The molecule has 1 fully saturated rings. The number of hydrogen-bond acceptors (Lipinski definition) is 3. The van der Waals surface area contributed by atoms with Gasteiger partial charge in [0.05, 0.1) is 13.7 Å². The molecule has 1 aliphatic carbocycles. The molecule has 0 radical (unpaired) electrons. The lowest BCUT2D eigenvalue weighted by atomic mass is 10.1. The quantitative estimate of drug-likeness (QED) is 0.832. The van der Waals surface area contributed by atoms with Crippen molar-refractivity contribution in [3.8, 4) is 5.75 Å². The van der Waals surface area contributed by atoms with E-state index in [0.717, 1.165) is 23.5 Å². The Morgan fingerprint density at radius 2 is 1.88 bits per heavy atom. The Labute approximate surface area is 149 Å². The molecular weight excluding hydrogens is 312 g/mol. The molecule has 0 aliphatic heterocycles. The van der Waals surface area contributed by atoms with Crippen LogP contribution in [-0.2, 0) is 11.3 Å². The van der Waals surface area contributed by atoms with E-state index in [2.05, 4.69) is 35.3 Å². The molecule has 2 aromatic carbocycles. The number of rotatable bonds is 7. The van der Waals surface area contributed by atoms with Gasteiger partial charge in [-0.25, -0.2) is 0 Å². The molecule has 3 rings (SSSR count). The van der Waals surface area contributed by atoms with Gasteiger partial charge in [-0.15, -0.1) is 0 Å². The molecule has 0 atom stereocenters. The molecule has 25 heavy (non-hydrogen) atoms. The summed E-state index contributed by atoms with van der Waals surface area (Å²) >= 11 is 0. The molecule has 0 heterocycles. The fraction of sp³-hybridized carbons (Fsp3) is 0.381. The summed E-state index contributed by atoms with van der Waals surface area (Å²) in [7, 11) is 1.67. The number of methoxy groups -OCH3 is 1. The number of nitrogens with zero attached hydrogens (tertiary/aromatic N) is 1. The Morgan fingerprint density at radius 3 is 2.48 bits per heavy atom. The molecule has 1 aliphatic rings. The van der Waals surface area contributed by atoms with Gasteiger partial charge in [-0.2, -0.15) is 0 Å². The second-order valence-electron chi connectivity index (χ2n) is 6.85. The Morgan fingerprint density at radius 1 is 1.16 bits per heavy atom. The maximum absolute atomic E-state index is 12.5. The van der Waals surface area contributed by atoms with E-state index in [9.17, 15) is 4.79 Å². The van der Waals surface area contributed by atoms with Gasteiger partial charge in [0.15, 0.2) is 0 Å². The summed E-state index contributed by atoms with van der Waals surface area (Å²) in [5, 5.41) is 3.05. The van der Waals surface area contributed by atoms with Crippen LogP contribution < -0.4 is 10.1 Å². The molecule has 4 nitrogen and oxygen atoms in total. The molecule has 4 heteroatoms. The number of benzene rings is 2. The SMILES string of the molecule is COc1ccc(CN(CC(=O)Nc2ccc(C)cc2C)C2CC2)cc1. The second kappa shape index (κ2) is 7.70. The summed E-state index contributed by atoms with van der Waals surface area (Å²) in [4.78, 5) is 14.8. The third-order valence-electron chi connectivity index (χ3n) is 4.61. The first-order valence-electron chi connectivity index (χ1n) is 8.79. The van der Waals surface area contributed by atoms with Crippen LogP contribution in [-0.4, -0.2) is 30.5 Å². The zero-order valence-corrected chi connectivity index (χ0v) is 15.2. The minimum Gasteiger partial charge on any atom is -0.497 e. The first-order chi connectivity index (χ1) is 12.0. The summed E-state index contributed by atoms with van der Waals surface area (Å²) in [5.74, 6) is 0.904.